The normalized spacial score (nSPS) is 11.5. The van der Waals surface area contributed by atoms with Gasteiger partial charge in [-0.3, -0.25) is 0 Å². The number of nitrogens with one attached hydrogen (secondary N) is 1. The Morgan fingerprint density at radius 1 is 1.25 bits per heavy atom. The molecule has 1 heterocycles. The van der Waals surface area contributed by atoms with Crippen molar-refractivity contribution in [2.45, 2.75) is 19.9 Å². The molecule has 0 saturated carbocycles. The molecule has 102 valence electrons. The number of hydrogen-bond donors (Lipinski definition) is 1. The summed E-state index contributed by atoms with van der Waals surface area (Å²) in [6.45, 7) is 3.93. The first-order valence-electron chi connectivity index (χ1n) is 6.41. The van der Waals surface area contributed by atoms with Crippen LogP contribution in [0.1, 0.15) is 29.8 Å². The standard InChI is InChI=1S/C16H17N3O/c1-11-8-13(10-17)9-16(18-11)19-12(2)14-4-6-15(20-3)7-5-14/h4-9,12H,1-3H3,(H,18,19). The third-order valence-electron chi connectivity index (χ3n) is 3.06. The van der Waals surface area contributed by atoms with Crippen molar-refractivity contribution < 1.29 is 4.74 Å². The van der Waals surface area contributed by atoms with Crippen LogP contribution in [0.4, 0.5) is 5.82 Å². The first-order chi connectivity index (χ1) is 9.62. The maximum Gasteiger partial charge on any atom is 0.127 e. The van der Waals surface area contributed by atoms with Gasteiger partial charge in [0, 0.05) is 11.7 Å². The Bertz CT molecular complexity index is 629. The number of pyridine rings is 1. The molecular weight excluding hydrogens is 250 g/mol. The summed E-state index contributed by atoms with van der Waals surface area (Å²) in [5, 5.41) is 12.3. The predicted molar refractivity (Wildman–Crippen MR) is 78.7 cm³/mol. The van der Waals surface area contributed by atoms with Crippen molar-refractivity contribution in [2.75, 3.05) is 12.4 Å². The van der Waals surface area contributed by atoms with Crippen LogP contribution in [0.2, 0.25) is 0 Å². The lowest BCUT2D eigenvalue weighted by Gasteiger charge is -2.16. The van der Waals surface area contributed by atoms with E-state index in [1.54, 1.807) is 19.2 Å². The molecule has 0 spiro atoms. The molecule has 0 amide bonds. The zero-order valence-corrected chi connectivity index (χ0v) is 11.8. The van der Waals surface area contributed by atoms with E-state index < -0.39 is 0 Å². The fraction of sp³-hybridized carbons (Fsp3) is 0.250. The predicted octanol–water partition coefficient (Wildman–Crippen LogP) is 3.44. The molecule has 0 bridgehead atoms. The van der Waals surface area contributed by atoms with Crippen LogP contribution in [-0.4, -0.2) is 12.1 Å². The Balaban J connectivity index is 2.16. The molecule has 2 rings (SSSR count). The van der Waals surface area contributed by atoms with Gasteiger partial charge in [0.1, 0.15) is 11.6 Å². The molecule has 0 aliphatic heterocycles. The number of hydrogen-bond acceptors (Lipinski definition) is 4. The van der Waals surface area contributed by atoms with Crippen LogP contribution in [0.15, 0.2) is 36.4 Å². The van der Waals surface area contributed by atoms with Crippen LogP contribution in [-0.2, 0) is 0 Å². The van der Waals surface area contributed by atoms with Gasteiger partial charge in [0.2, 0.25) is 0 Å². The summed E-state index contributed by atoms with van der Waals surface area (Å²) in [5.74, 6) is 1.55. The van der Waals surface area contributed by atoms with Crippen molar-refractivity contribution in [1.82, 2.24) is 4.98 Å². The summed E-state index contributed by atoms with van der Waals surface area (Å²) in [4.78, 5) is 4.39. The molecule has 1 N–H and O–H groups in total. The number of benzene rings is 1. The number of nitrogens with zero attached hydrogens (tertiary/aromatic N) is 2. The van der Waals surface area contributed by atoms with Crippen LogP contribution >= 0.6 is 0 Å². The third-order valence-corrected chi connectivity index (χ3v) is 3.06. The molecule has 0 radical (unpaired) electrons. The molecule has 4 heteroatoms. The minimum absolute atomic E-state index is 0.0988. The van der Waals surface area contributed by atoms with E-state index in [4.69, 9.17) is 10.00 Å². The lowest BCUT2D eigenvalue weighted by Crippen LogP contribution is -2.08. The van der Waals surface area contributed by atoms with Crippen LogP contribution in [0.3, 0.4) is 0 Å². The highest BCUT2D eigenvalue weighted by molar-refractivity contribution is 5.46. The first-order valence-corrected chi connectivity index (χ1v) is 6.41. The van der Waals surface area contributed by atoms with Gasteiger partial charge in [-0.15, -0.1) is 0 Å². The minimum atomic E-state index is 0.0988. The zero-order valence-electron chi connectivity index (χ0n) is 11.8. The molecule has 1 aromatic carbocycles. The quantitative estimate of drug-likeness (QED) is 0.921. The Morgan fingerprint density at radius 2 is 1.95 bits per heavy atom. The number of methoxy groups -OCH3 is 1. The van der Waals surface area contributed by atoms with E-state index in [-0.39, 0.29) is 6.04 Å². The topological polar surface area (TPSA) is 57.9 Å². The summed E-state index contributed by atoms with van der Waals surface area (Å²) in [5.41, 5.74) is 2.57. The Morgan fingerprint density at radius 3 is 2.55 bits per heavy atom. The van der Waals surface area contributed by atoms with E-state index in [9.17, 15) is 0 Å². The summed E-state index contributed by atoms with van der Waals surface area (Å²) < 4.78 is 5.14. The second kappa shape index (κ2) is 6.07. The maximum atomic E-state index is 8.98. The van der Waals surface area contributed by atoms with Gasteiger partial charge in [0.05, 0.1) is 18.7 Å². The van der Waals surface area contributed by atoms with E-state index in [0.29, 0.717) is 11.4 Å². The Kier molecular flexibility index (Phi) is 4.21. The van der Waals surface area contributed by atoms with Crippen LogP contribution in [0.25, 0.3) is 0 Å². The number of aromatic nitrogens is 1. The highest BCUT2D eigenvalue weighted by Gasteiger charge is 2.07. The monoisotopic (exact) mass is 267 g/mol. The van der Waals surface area contributed by atoms with Crippen molar-refractivity contribution >= 4 is 5.82 Å². The number of ether oxygens (including phenoxy) is 1. The molecule has 0 aliphatic carbocycles. The first kappa shape index (κ1) is 13.9. The largest absolute Gasteiger partial charge is 0.497 e. The van der Waals surface area contributed by atoms with Gasteiger partial charge in [0.25, 0.3) is 0 Å². The highest BCUT2D eigenvalue weighted by atomic mass is 16.5. The molecule has 20 heavy (non-hydrogen) atoms. The molecular formula is C16H17N3O. The van der Waals surface area contributed by atoms with E-state index in [1.165, 1.54) is 0 Å². The van der Waals surface area contributed by atoms with Crippen molar-refractivity contribution in [3.8, 4) is 11.8 Å². The second-order valence-corrected chi connectivity index (χ2v) is 4.63. The van der Waals surface area contributed by atoms with Crippen LogP contribution in [0, 0.1) is 18.3 Å². The number of nitriles is 1. The minimum Gasteiger partial charge on any atom is -0.497 e. The van der Waals surface area contributed by atoms with Crippen molar-refractivity contribution in [1.29, 1.82) is 5.26 Å². The molecule has 1 unspecified atom stereocenters. The Labute approximate surface area is 119 Å². The van der Waals surface area contributed by atoms with E-state index in [0.717, 1.165) is 17.0 Å². The SMILES string of the molecule is COc1ccc(C(C)Nc2cc(C#N)cc(C)n2)cc1. The van der Waals surface area contributed by atoms with Gasteiger partial charge in [0.15, 0.2) is 0 Å². The van der Waals surface area contributed by atoms with Gasteiger partial charge in [-0.05, 0) is 43.7 Å². The molecule has 1 aromatic heterocycles. The van der Waals surface area contributed by atoms with Crippen molar-refractivity contribution in [3.63, 3.8) is 0 Å². The molecule has 0 fully saturated rings. The average Bonchev–Trinajstić information content (AvgIpc) is 2.46. The summed E-state index contributed by atoms with van der Waals surface area (Å²) in [6.07, 6.45) is 0. The van der Waals surface area contributed by atoms with E-state index in [1.807, 2.05) is 31.2 Å². The maximum absolute atomic E-state index is 8.98. The van der Waals surface area contributed by atoms with Crippen LogP contribution in [0.5, 0.6) is 5.75 Å². The van der Waals surface area contributed by atoms with Gasteiger partial charge in [-0.1, -0.05) is 12.1 Å². The van der Waals surface area contributed by atoms with Crippen molar-refractivity contribution in [2.24, 2.45) is 0 Å². The lowest BCUT2D eigenvalue weighted by molar-refractivity contribution is 0.414. The lowest BCUT2D eigenvalue weighted by atomic mass is 10.1. The zero-order chi connectivity index (χ0) is 14.5. The number of aryl methyl sites for hydroxylation is 1. The number of anilines is 1. The fourth-order valence-corrected chi connectivity index (χ4v) is 2.00. The van der Waals surface area contributed by atoms with Gasteiger partial charge < -0.3 is 10.1 Å². The molecule has 4 nitrogen and oxygen atoms in total. The fourth-order valence-electron chi connectivity index (χ4n) is 2.00. The Hall–Kier alpha value is -2.54. The summed E-state index contributed by atoms with van der Waals surface area (Å²) in [6, 6.07) is 13.6. The third kappa shape index (κ3) is 3.27. The molecule has 1 atom stereocenters. The molecule has 0 aliphatic rings. The van der Waals surface area contributed by atoms with Gasteiger partial charge >= 0.3 is 0 Å². The number of rotatable bonds is 4. The summed E-state index contributed by atoms with van der Waals surface area (Å²) in [7, 11) is 1.65. The second-order valence-electron chi connectivity index (χ2n) is 4.63. The van der Waals surface area contributed by atoms with Gasteiger partial charge in [-0.25, -0.2) is 4.98 Å². The summed E-state index contributed by atoms with van der Waals surface area (Å²) >= 11 is 0. The van der Waals surface area contributed by atoms with Crippen molar-refractivity contribution in [3.05, 3.63) is 53.2 Å². The molecule has 0 saturated heterocycles. The molecule has 2 aromatic rings. The van der Waals surface area contributed by atoms with E-state index in [2.05, 4.69) is 23.3 Å². The average molecular weight is 267 g/mol. The smallest absolute Gasteiger partial charge is 0.127 e. The van der Waals surface area contributed by atoms with Crippen LogP contribution < -0.4 is 10.1 Å². The van der Waals surface area contributed by atoms with Gasteiger partial charge in [-0.2, -0.15) is 5.26 Å². The van der Waals surface area contributed by atoms with E-state index >= 15 is 0 Å². The highest BCUT2D eigenvalue weighted by Crippen LogP contribution is 2.21.